The number of esters is 1. The van der Waals surface area contributed by atoms with Gasteiger partial charge in [0, 0.05) is 16.7 Å². The van der Waals surface area contributed by atoms with Gasteiger partial charge in [-0.05, 0) is 83.9 Å². The van der Waals surface area contributed by atoms with Crippen molar-refractivity contribution in [2.24, 2.45) is 4.99 Å². The van der Waals surface area contributed by atoms with Crippen LogP contribution < -0.4 is 19.6 Å². The summed E-state index contributed by atoms with van der Waals surface area (Å²) in [6.07, 6.45) is 1.69. The number of carbonyl (C=O) groups excluding carboxylic acids is 1. The maximum Gasteiger partial charge on any atom is 0.338 e. The number of carbonyl (C=O) groups is 1. The van der Waals surface area contributed by atoms with E-state index in [1.165, 1.54) is 15.9 Å². The standard InChI is InChI=1S/C28H22BrClN2O5S/c1-4-36-27(34)24-15(2)31-28-32(25(24)17-7-11-22(35-3)20(29)13-17)26(33)23(38-28)14-19-10-12-21(37-19)16-5-8-18(30)9-6-16/h5-14,25H,4H2,1-3H3/b23-14+/t25-/m0/s1. The molecule has 0 N–H and O–H groups in total. The van der Waals surface area contributed by atoms with Crippen molar-refractivity contribution < 1.29 is 18.7 Å². The normalized spacial score (nSPS) is 15.3. The summed E-state index contributed by atoms with van der Waals surface area (Å²) in [5, 5.41) is 0.637. The van der Waals surface area contributed by atoms with Gasteiger partial charge in [-0.2, -0.15) is 0 Å². The number of methoxy groups -OCH3 is 1. The van der Waals surface area contributed by atoms with Gasteiger partial charge in [0.05, 0.1) is 40.0 Å². The van der Waals surface area contributed by atoms with Crippen LogP contribution in [0.5, 0.6) is 5.75 Å². The third-order valence-electron chi connectivity index (χ3n) is 6.04. The number of ether oxygens (including phenoxy) is 2. The summed E-state index contributed by atoms with van der Waals surface area (Å²) in [6.45, 7) is 3.69. The molecule has 0 aliphatic carbocycles. The monoisotopic (exact) mass is 612 g/mol. The fraction of sp³-hybridized carbons (Fsp3) is 0.179. The molecule has 0 saturated heterocycles. The average Bonchev–Trinajstić information content (AvgIpc) is 3.48. The summed E-state index contributed by atoms with van der Waals surface area (Å²) in [7, 11) is 1.57. The molecule has 5 rings (SSSR count). The van der Waals surface area contributed by atoms with E-state index >= 15 is 0 Å². The number of thiazole rings is 1. The summed E-state index contributed by atoms with van der Waals surface area (Å²) < 4.78 is 19.4. The van der Waals surface area contributed by atoms with Crippen LogP contribution in [-0.2, 0) is 9.53 Å². The minimum atomic E-state index is -0.726. The molecule has 0 amide bonds. The molecular weight excluding hydrogens is 592 g/mol. The van der Waals surface area contributed by atoms with Gasteiger partial charge in [0.25, 0.3) is 5.56 Å². The van der Waals surface area contributed by atoms with Crippen molar-refractivity contribution in [2.75, 3.05) is 13.7 Å². The van der Waals surface area contributed by atoms with Crippen molar-refractivity contribution in [3.8, 4) is 17.1 Å². The Morgan fingerprint density at radius 2 is 1.97 bits per heavy atom. The van der Waals surface area contributed by atoms with Crippen LogP contribution >= 0.6 is 38.9 Å². The highest BCUT2D eigenvalue weighted by Gasteiger charge is 2.33. The first-order valence-electron chi connectivity index (χ1n) is 11.7. The highest BCUT2D eigenvalue weighted by Crippen LogP contribution is 2.35. The second-order valence-electron chi connectivity index (χ2n) is 8.41. The first kappa shape index (κ1) is 26.2. The molecule has 1 aliphatic heterocycles. The number of halogens is 2. The van der Waals surface area contributed by atoms with E-state index in [0.29, 0.717) is 52.9 Å². The Morgan fingerprint density at radius 3 is 2.66 bits per heavy atom. The molecular formula is C28H22BrClN2O5S. The molecule has 10 heteroatoms. The Labute approximate surface area is 235 Å². The number of aromatic nitrogens is 1. The summed E-state index contributed by atoms with van der Waals surface area (Å²) in [5.41, 5.74) is 2.10. The lowest BCUT2D eigenvalue weighted by molar-refractivity contribution is -0.139. The molecule has 0 radical (unpaired) electrons. The Bertz CT molecular complexity index is 1750. The highest BCUT2D eigenvalue weighted by molar-refractivity contribution is 9.10. The Morgan fingerprint density at radius 1 is 1.21 bits per heavy atom. The summed E-state index contributed by atoms with van der Waals surface area (Å²) in [6, 6.07) is 15.7. The zero-order valence-corrected chi connectivity index (χ0v) is 23.8. The van der Waals surface area contributed by atoms with Crippen molar-refractivity contribution in [1.29, 1.82) is 0 Å². The van der Waals surface area contributed by atoms with E-state index in [1.807, 2.05) is 30.3 Å². The molecule has 2 aromatic heterocycles. The lowest BCUT2D eigenvalue weighted by atomic mass is 9.96. The third kappa shape index (κ3) is 4.89. The van der Waals surface area contributed by atoms with Gasteiger partial charge in [0.15, 0.2) is 4.80 Å². The van der Waals surface area contributed by atoms with Gasteiger partial charge in [-0.15, -0.1) is 0 Å². The molecule has 0 fully saturated rings. The number of benzene rings is 2. The Hall–Kier alpha value is -3.40. The van der Waals surface area contributed by atoms with Gasteiger partial charge < -0.3 is 13.9 Å². The van der Waals surface area contributed by atoms with Gasteiger partial charge >= 0.3 is 5.97 Å². The Kier molecular flexibility index (Phi) is 7.43. The van der Waals surface area contributed by atoms with E-state index in [1.54, 1.807) is 51.3 Å². The van der Waals surface area contributed by atoms with Crippen molar-refractivity contribution in [1.82, 2.24) is 4.57 Å². The number of fused-ring (bicyclic) bond motifs is 1. The molecule has 194 valence electrons. The molecule has 2 aromatic carbocycles. The molecule has 0 unspecified atom stereocenters. The third-order valence-corrected chi connectivity index (χ3v) is 7.89. The molecule has 0 spiro atoms. The SMILES string of the molecule is CCOC(=O)C1=C(C)N=c2s/c(=C/c3ccc(-c4ccc(Cl)cc4)o3)c(=O)n2[C@H]1c1ccc(OC)c(Br)c1. The van der Waals surface area contributed by atoms with Gasteiger partial charge in [-0.1, -0.05) is 29.0 Å². The fourth-order valence-corrected chi connectivity index (χ4v) is 6.00. The first-order chi connectivity index (χ1) is 18.3. The number of rotatable bonds is 6. The second-order valence-corrected chi connectivity index (χ2v) is 10.7. The molecule has 0 saturated carbocycles. The number of nitrogens with zero attached hydrogens (tertiary/aromatic N) is 2. The number of furan rings is 1. The van der Waals surface area contributed by atoms with Crippen LogP contribution in [0.1, 0.15) is 31.2 Å². The van der Waals surface area contributed by atoms with E-state index in [4.69, 9.17) is 25.5 Å². The fourth-order valence-electron chi connectivity index (χ4n) is 4.29. The van der Waals surface area contributed by atoms with Crippen LogP contribution in [0.4, 0.5) is 0 Å². The lowest BCUT2D eigenvalue weighted by Crippen LogP contribution is -2.39. The van der Waals surface area contributed by atoms with Crippen molar-refractivity contribution in [3.05, 3.63) is 106 Å². The van der Waals surface area contributed by atoms with Crippen LogP contribution in [0.25, 0.3) is 17.4 Å². The highest BCUT2D eigenvalue weighted by atomic mass is 79.9. The van der Waals surface area contributed by atoms with Gasteiger partial charge in [0.1, 0.15) is 17.3 Å². The smallest absolute Gasteiger partial charge is 0.338 e. The minimum Gasteiger partial charge on any atom is -0.496 e. The topological polar surface area (TPSA) is 83.0 Å². The van der Waals surface area contributed by atoms with Gasteiger partial charge in [-0.3, -0.25) is 9.36 Å². The summed E-state index contributed by atoms with van der Waals surface area (Å²) >= 11 is 10.7. The molecule has 3 heterocycles. The van der Waals surface area contributed by atoms with Gasteiger partial charge in [-0.25, -0.2) is 9.79 Å². The molecule has 7 nitrogen and oxygen atoms in total. The number of hydrogen-bond acceptors (Lipinski definition) is 7. The van der Waals surface area contributed by atoms with E-state index in [9.17, 15) is 9.59 Å². The van der Waals surface area contributed by atoms with E-state index in [2.05, 4.69) is 20.9 Å². The summed E-state index contributed by atoms with van der Waals surface area (Å²) in [5.74, 6) is 1.29. The van der Waals surface area contributed by atoms with Crippen molar-refractivity contribution in [3.63, 3.8) is 0 Å². The van der Waals surface area contributed by atoms with Crippen LogP contribution in [0.3, 0.4) is 0 Å². The lowest BCUT2D eigenvalue weighted by Gasteiger charge is -2.25. The predicted octanol–water partition coefficient (Wildman–Crippen LogP) is 5.48. The predicted molar refractivity (Wildman–Crippen MR) is 150 cm³/mol. The molecule has 1 aliphatic rings. The second kappa shape index (κ2) is 10.8. The van der Waals surface area contributed by atoms with Crippen LogP contribution in [-0.4, -0.2) is 24.3 Å². The number of allylic oxidation sites excluding steroid dienone is 1. The van der Waals surface area contributed by atoms with E-state index in [-0.39, 0.29) is 12.2 Å². The van der Waals surface area contributed by atoms with E-state index in [0.717, 1.165) is 5.56 Å². The molecule has 4 aromatic rings. The van der Waals surface area contributed by atoms with Crippen LogP contribution in [0.15, 0.2) is 84.5 Å². The summed E-state index contributed by atoms with van der Waals surface area (Å²) in [4.78, 5) is 31.9. The van der Waals surface area contributed by atoms with E-state index < -0.39 is 12.0 Å². The van der Waals surface area contributed by atoms with Gasteiger partial charge in [0.2, 0.25) is 0 Å². The molecule has 0 bridgehead atoms. The average molecular weight is 614 g/mol. The molecule has 1 atom stereocenters. The maximum atomic E-state index is 13.8. The largest absolute Gasteiger partial charge is 0.496 e. The quantitative estimate of drug-likeness (QED) is 0.269. The number of hydrogen-bond donors (Lipinski definition) is 0. The zero-order valence-electron chi connectivity index (χ0n) is 20.7. The van der Waals surface area contributed by atoms with Crippen molar-refractivity contribution in [2.45, 2.75) is 19.9 Å². The first-order valence-corrected chi connectivity index (χ1v) is 13.7. The maximum absolute atomic E-state index is 13.8. The Balaban J connectivity index is 1.64. The van der Waals surface area contributed by atoms with Crippen molar-refractivity contribution >= 4 is 50.9 Å². The van der Waals surface area contributed by atoms with Crippen LogP contribution in [0.2, 0.25) is 5.02 Å². The molecule has 38 heavy (non-hydrogen) atoms. The minimum absolute atomic E-state index is 0.202. The zero-order chi connectivity index (χ0) is 27.0. The van der Waals surface area contributed by atoms with Crippen LogP contribution in [0, 0.1) is 0 Å².